The second-order valence-electron chi connectivity index (χ2n) is 4.19. The molecule has 5 nitrogen and oxygen atoms in total. The van der Waals surface area contributed by atoms with Gasteiger partial charge in [-0.1, -0.05) is 5.16 Å². The molecule has 0 fully saturated rings. The smallest absolute Gasteiger partial charge is 0.351 e. The molecule has 0 bridgehead atoms. The molecule has 0 saturated carbocycles. The fourth-order valence-electron chi connectivity index (χ4n) is 1.66. The molecule has 1 aromatic carbocycles. The average Bonchev–Trinajstić information content (AvgIpc) is 2.73. The van der Waals surface area contributed by atoms with E-state index in [4.69, 9.17) is 14.7 Å². The third-order valence-electron chi connectivity index (χ3n) is 2.80. The minimum absolute atomic E-state index is 0.0914. The molecule has 0 aliphatic carbocycles. The van der Waals surface area contributed by atoms with E-state index >= 15 is 0 Å². The molecule has 1 unspecified atom stereocenters. The number of aliphatic carboxylic acids is 1. The van der Waals surface area contributed by atoms with Crippen molar-refractivity contribution in [3.05, 3.63) is 29.6 Å². The van der Waals surface area contributed by atoms with Crippen LogP contribution in [0.25, 0.3) is 0 Å². The van der Waals surface area contributed by atoms with Gasteiger partial charge >= 0.3 is 5.97 Å². The molecular formula is C12H12FNO4. The van der Waals surface area contributed by atoms with Gasteiger partial charge < -0.3 is 14.7 Å². The number of carbonyl (C=O) groups is 1. The lowest BCUT2D eigenvalue weighted by Gasteiger charge is -2.14. The van der Waals surface area contributed by atoms with Crippen molar-refractivity contribution in [1.82, 2.24) is 0 Å². The monoisotopic (exact) mass is 253 g/mol. The van der Waals surface area contributed by atoms with E-state index in [1.165, 1.54) is 26.2 Å². The van der Waals surface area contributed by atoms with E-state index in [1.54, 1.807) is 6.07 Å². The molecule has 1 N–H and O–H groups in total. The van der Waals surface area contributed by atoms with E-state index in [9.17, 15) is 9.18 Å². The molecule has 1 aliphatic heterocycles. The molecular weight excluding hydrogens is 241 g/mol. The topological polar surface area (TPSA) is 68.1 Å². The van der Waals surface area contributed by atoms with Crippen LogP contribution in [0.1, 0.15) is 18.9 Å². The van der Waals surface area contributed by atoms with Gasteiger partial charge in [-0.05, 0) is 25.1 Å². The summed E-state index contributed by atoms with van der Waals surface area (Å²) in [6.07, 6.45) is 0.0914. The van der Waals surface area contributed by atoms with E-state index in [-0.39, 0.29) is 12.2 Å². The molecule has 18 heavy (non-hydrogen) atoms. The molecule has 1 atom stereocenters. The second-order valence-corrected chi connectivity index (χ2v) is 4.19. The summed E-state index contributed by atoms with van der Waals surface area (Å²) in [7, 11) is 1.37. The first-order valence-corrected chi connectivity index (χ1v) is 5.28. The summed E-state index contributed by atoms with van der Waals surface area (Å²) in [4.78, 5) is 15.9. The van der Waals surface area contributed by atoms with Crippen LogP contribution in [0, 0.1) is 5.82 Å². The number of rotatable bonds is 3. The van der Waals surface area contributed by atoms with Crippen LogP contribution in [0.4, 0.5) is 4.39 Å². The third kappa shape index (κ3) is 2.01. The van der Waals surface area contributed by atoms with E-state index in [0.29, 0.717) is 11.3 Å². The van der Waals surface area contributed by atoms with Crippen molar-refractivity contribution in [2.45, 2.75) is 18.9 Å². The maximum absolute atomic E-state index is 13.5. The fourth-order valence-corrected chi connectivity index (χ4v) is 1.66. The van der Waals surface area contributed by atoms with Gasteiger partial charge in [0.15, 0.2) is 11.6 Å². The van der Waals surface area contributed by atoms with Crippen LogP contribution in [0.5, 0.6) is 5.75 Å². The highest BCUT2D eigenvalue weighted by Crippen LogP contribution is 2.28. The molecule has 0 spiro atoms. The number of hydrogen-bond donors (Lipinski definition) is 1. The lowest BCUT2D eigenvalue weighted by Crippen LogP contribution is -2.35. The van der Waals surface area contributed by atoms with Gasteiger partial charge in [0, 0.05) is 12.0 Å². The van der Waals surface area contributed by atoms with Gasteiger partial charge in [-0.25, -0.2) is 9.18 Å². The summed E-state index contributed by atoms with van der Waals surface area (Å²) in [5, 5.41) is 12.7. The van der Waals surface area contributed by atoms with Gasteiger partial charge in [-0.15, -0.1) is 0 Å². The standard InChI is InChI=1S/C12H12FNO4/c1-12(11(15)16)6-9(14-18-12)7-3-4-10(17-2)8(13)5-7/h3-5H,6H2,1-2H3,(H,15,16). The summed E-state index contributed by atoms with van der Waals surface area (Å²) in [5.41, 5.74) is -0.495. The lowest BCUT2D eigenvalue weighted by molar-refractivity contribution is -0.160. The molecule has 96 valence electrons. The molecule has 0 aromatic heterocycles. The van der Waals surface area contributed by atoms with E-state index in [2.05, 4.69) is 5.16 Å². The van der Waals surface area contributed by atoms with Gasteiger partial charge in [-0.2, -0.15) is 0 Å². The lowest BCUT2D eigenvalue weighted by atomic mass is 9.96. The number of nitrogens with zero attached hydrogens (tertiary/aromatic N) is 1. The Morgan fingerprint density at radius 1 is 1.61 bits per heavy atom. The van der Waals surface area contributed by atoms with Crippen LogP contribution in [0.15, 0.2) is 23.4 Å². The molecule has 0 amide bonds. The van der Waals surface area contributed by atoms with Crippen LogP contribution < -0.4 is 4.74 Å². The molecule has 1 aliphatic rings. The zero-order valence-corrected chi connectivity index (χ0v) is 9.94. The van der Waals surface area contributed by atoms with Gasteiger partial charge in [0.2, 0.25) is 5.60 Å². The summed E-state index contributed by atoms with van der Waals surface area (Å²) in [6, 6.07) is 4.32. The van der Waals surface area contributed by atoms with E-state index in [1.807, 2.05) is 0 Å². The van der Waals surface area contributed by atoms with Crippen molar-refractivity contribution in [3.8, 4) is 5.75 Å². The second kappa shape index (κ2) is 4.29. The summed E-state index contributed by atoms with van der Waals surface area (Å²) in [6.45, 7) is 1.42. The predicted molar refractivity (Wildman–Crippen MR) is 61.2 cm³/mol. The third-order valence-corrected chi connectivity index (χ3v) is 2.80. The Bertz CT molecular complexity index is 529. The van der Waals surface area contributed by atoms with Gasteiger partial charge in [0.25, 0.3) is 0 Å². The molecule has 0 saturated heterocycles. The van der Waals surface area contributed by atoms with Gasteiger partial charge in [0.05, 0.1) is 12.8 Å². The Hall–Kier alpha value is -2.11. The first-order chi connectivity index (χ1) is 8.46. The van der Waals surface area contributed by atoms with Crippen LogP contribution in [-0.2, 0) is 9.63 Å². The maximum atomic E-state index is 13.5. The number of oxime groups is 1. The number of methoxy groups -OCH3 is 1. The van der Waals surface area contributed by atoms with Crippen molar-refractivity contribution in [2.75, 3.05) is 7.11 Å². The molecule has 6 heteroatoms. The summed E-state index contributed by atoms with van der Waals surface area (Å²) < 4.78 is 18.3. The van der Waals surface area contributed by atoms with Crippen molar-refractivity contribution in [3.63, 3.8) is 0 Å². The Labute approximate surface area is 103 Å². The largest absolute Gasteiger partial charge is 0.494 e. The summed E-state index contributed by atoms with van der Waals surface area (Å²) in [5.74, 6) is -1.50. The Kier molecular flexibility index (Phi) is 2.94. The van der Waals surface area contributed by atoms with E-state index < -0.39 is 17.4 Å². The van der Waals surface area contributed by atoms with Crippen LogP contribution in [0.3, 0.4) is 0 Å². The quantitative estimate of drug-likeness (QED) is 0.891. The first kappa shape index (κ1) is 12.3. The Morgan fingerprint density at radius 3 is 2.83 bits per heavy atom. The minimum Gasteiger partial charge on any atom is -0.494 e. The van der Waals surface area contributed by atoms with E-state index in [0.717, 1.165) is 0 Å². The fraction of sp³-hybridized carbons (Fsp3) is 0.333. The molecule has 1 heterocycles. The highest BCUT2D eigenvalue weighted by atomic mass is 19.1. The Balaban J connectivity index is 2.25. The number of benzene rings is 1. The highest BCUT2D eigenvalue weighted by molar-refractivity contribution is 6.04. The van der Waals surface area contributed by atoms with Crippen molar-refractivity contribution < 1.29 is 23.9 Å². The number of hydrogen-bond acceptors (Lipinski definition) is 4. The van der Waals surface area contributed by atoms with Crippen molar-refractivity contribution >= 4 is 11.7 Å². The van der Waals surface area contributed by atoms with Crippen LogP contribution in [0.2, 0.25) is 0 Å². The minimum atomic E-state index is -1.38. The number of carboxylic acid groups (broad SMARTS) is 1. The maximum Gasteiger partial charge on any atom is 0.351 e. The van der Waals surface area contributed by atoms with Crippen molar-refractivity contribution in [1.29, 1.82) is 0 Å². The zero-order chi connectivity index (χ0) is 13.3. The average molecular weight is 253 g/mol. The number of carboxylic acids is 1. The molecule has 0 radical (unpaired) electrons. The molecule has 2 rings (SSSR count). The number of ether oxygens (including phenoxy) is 1. The Morgan fingerprint density at radius 2 is 2.33 bits per heavy atom. The summed E-state index contributed by atoms with van der Waals surface area (Å²) >= 11 is 0. The normalized spacial score (nSPS) is 22.3. The first-order valence-electron chi connectivity index (χ1n) is 5.28. The number of halogens is 1. The van der Waals surface area contributed by atoms with Gasteiger partial charge in [-0.3, -0.25) is 0 Å². The molecule has 1 aromatic rings. The zero-order valence-electron chi connectivity index (χ0n) is 9.94. The predicted octanol–water partition coefficient (Wildman–Crippen LogP) is 1.80. The SMILES string of the molecule is COc1ccc(C2=NOC(C)(C(=O)O)C2)cc1F. The van der Waals surface area contributed by atoms with Gasteiger partial charge in [0.1, 0.15) is 0 Å². The van der Waals surface area contributed by atoms with Crippen molar-refractivity contribution in [2.24, 2.45) is 5.16 Å². The van der Waals surface area contributed by atoms with Crippen LogP contribution >= 0.6 is 0 Å². The highest BCUT2D eigenvalue weighted by Gasteiger charge is 2.42. The van der Waals surface area contributed by atoms with Crippen LogP contribution in [-0.4, -0.2) is 29.5 Å².